The van der Waals surface area contributed by atoms with Gasteiger partial charge in [-0.05, 0) is 32.5 Å². The molecule has 0 spiro atoms. The third-order valence-corrected chi connectivity index (χ3v) is 3.19. The van der Waals surface area contributed by atoms with Gasteiger partial charge in [-0.25, -0.2) is 0 Å². The van der Waals surface area contributed by atoms with E-state index < -0.39 is 0 Å². The predicted octanol–water partition coefficient (Wildman–Crippen LogP) is 2.64. The van der Waals surface area contributed by atoms with Crippen molar-refractivity contribution < 1.29 is 4.74 Å². The molecule has 0 N–H and O–H groups in total. The average Bonchev–Trinajstić information content (AvgIpc) is 2.30. The maximum absolute atomic E-state index is 5.64. The first-order valence-corrected chi connectivity index (χ1v) is 6.07. The highest BCUT2D eigenvalue weighted by Crippen LogP contribution is 2.34. The molecule has 2 rings (SSSR count). The van der Waals surface area contributed by atoms with E-state index in [1.807, 2.05) is 18.3 Å². The summed E-state index contributed by atoms with van der Waals surface area (Å²) < 4.78 is 5.64. The minimum absolute atomic E-state index is 0.412. The third-order valence-electron chi connectivity index (χ3n) is 3.19. The van der Waals surface area contributed by atoms with Gasteiger partial charge < -0.3 is 4.74 Å². The maximum atomic E-state index is 5.64. The van der Waals surface area contributed by atoms with Gasteiger partial charge in [0.25, 0.3) is 0 Å². The topological polar surface area (TPSA) is 25.4 Å². The molecule has 1 aromatic rings. The molecule has 0 fully saturated rings. The molecule has 1 unspecified atom stereocenters. The number of hydrogen-bond donors (Lipinski definition) is 0. The van der Waals surface area contributed by atoms with Gasteiger partial charge in [-0.1, -0.05) is 6.92 Å². The van der Waals surface area contributed by atoms with E-state index in [4.69, 9.17) is 4.74 Å². The Morgan fingerprint density at radius 2 is 2.38 bits per heavy atom. The lowest BCUT2D eigenvalue weighted by atomic mass is 10.0. The molecule has 88 valence electrons. The molecule has 0 saturated carbocycles. The van der Waals surface area contributed by atoms with E-state index in [-0.39, 0.29) is 0 Å². The summed E-state index contributed by atoms with van der Waals surface area (Å²) in [5, 5.41) is 0. The van der Waals surface area contributed by atoms with Gasteiger partial charge in [-0.15, -0.1) is 0 Å². The number of nitrogens with zero attached hydrogens (tertiary/aromatic N) is 2. The zero-order valence-electron chi connectivity index (χ0n) is 10.3. The van der Waals surface area contributed by atoms with Crippen molar-refractivity contribution in [3.8, 4) is 5.75 Å². The number of pyridine rings is 1. The van der Waals surface area contributed by atoms with Crippen molar-refractivity contribution in [1.82, 2.24) is 9.88 Å². The van der Waals surface area contributed by atoms with Crippen LogP contribution in [0.3, 0.4) is 0 Å². The van der Waals surface area contributed by atoms with E-state index in [0.29, 0.717) is 12.1 Å². The first-order valence-electron chi connectivity index (χ1n) is 6.07. The molecule has 0 bridgehead atoms. The van der Waals surface area contributed by atoms with Crippen LogP contribution >= 0.6 is 0 Å². The minimum Gasteiger partial charge on any atom is -0.492 e. The Labute approximate surface area is 97.4 Å². The first kappa shape index (κ1) is 11.4. The molecule has 0 amide bonds. The lowest BCUT2D eigenvalue weighted by Crippen LogP contribution is -2.37. The summed E-state index contributed by atoms with van der Waals surface area (Å²) in [5.41, 5.74) is 1.10. The normalized spacial score (nSPS) is 19.7. The molecular weight excluding hydrogens is 200 g/mol. The quantitative estimate of drug-likeness (QED) is 0.783. The molecule has 1 atom stereocenters. The van der Waals surface area contributed by atoms with E-state index >= 15 is 0 Å². The highest BCUT2D eigenvalue weighted by Gasteiger charge is 2.28. The zero-order chi connectivity index (χ0) is 11.5. The number of aromatic nitrogens is 1. The largest absolute Gasteiger partial charge is 0.492 e. The monoisotopic (exact) mass is 220 g/mol. The fourth-order valence-electron chi connectivity index (χ4n) is 2.46. The van der Waals surface area contributed by atoms with Crippen LogP contribution in [0.1, 0.15) is 38.9 Å². The summed E-state index contributed by atoms with van der Waals surface area (Å²) >= 11 is 0. The summed E-state index contributed by atoms with van der Waals surface area (Å²) in [6, 6.07) is 4.91. The Morgan fingerprint density at radius 3 is 3.06 bits per heavy atom. The molecule has 1 aromatic heterocycles. The molecular formula is C13H20N2O. The van der Waals surface area contributed by atoms with E-state index in [0.717, 1.165) is 31.0 Å². The number of ether oxygens (including phenoxy) is 1. The van der Waals surface area contributed by atoms with Crippen molar-refractivity contribution >= 4 is 0 Å². The Bertz CT molecular complexity index is 352. The fraction of sp³-hybridized carbons (Fsp3) is 0.615. The second-order valence-electron chi connectivity index (χ2n) is 4.46. The predicted molar refractivity (Wildman–Crippen MR) is 64.6 cm³/mol. The van der Waals surface area contributed by atoms with Crippen molar-refractivity contribution in [1.29, 1.82) is 0 Å². The Kier molecular flexibility index (Phi) is 3.44. The first-order chi connectivity index (χ1) is 7.74. The van der Waals surface area contributed by atoms with Gasteiger partial charge in [0.1, 0.15) is 5.75 Å². The van der Waals surface area contributed by atoms with Crippen molar-refractivity contribution in [2.24, 2.45) is 0 Å². The van der Waals surface area contributed by atoms with Crippen LogP contribution in [0.4, 0.5) is 0 Å². The van der Waals surface area contributed by atoms with Crippen LogP contribution in [0.25, 0.3) is 0 Å². The number of rotatable bonds is 3. The van der Waals surface area contributed by atoms with Crippen LogP contribution < -0.4 is 4.74 Å². The lowest BCUT2D eigenvalue weighted by Gasteiger charge is -2.36. The molecule has 3 heteroatoms. The SMILES string of the molecule is CCN(C(C)C)C1CCOc2cccnc21. The highest BCUT2D eigenvalue weighted by atomic mass is 16.5. The van der Waals surface area contributed by atoms with E-state index in [1.165, 1.54) is 0 Å². The molecule has 16 heavy (non-hydrogen) atoms. The van der Waals surface area contributed by atoms with Crippen LogP contribution in [0, 0.1) is 0 Å². The van der Waals surface area contributed by atoms with Crippen LogP contribution in [-0.4, -0.2) is 29.1 Å². The van der Waals surface area contributed by atoms with Gasteiger partial charge >= 0.3 is 0 Å². The standard InChI is InChI=1S/C13H20N2O/c1-4-15(10(2)3)11-7-9-16-12-6-5-8-14-13(11)12/h5-6,8,10-11H,4,7,9H2,1-3H3. The molecule has 1 aliphatic rings. The lowest BCUT2D eigenvalue weighted by molar-refractivity contribution is 0.112. The molecule has 0 aliphatic carbocycles. The molecule has 0 saturated heterocycles. The van der Waals surface area contributed by atoms with Gasteiger partial charge in [-0.3, -0.25) is 9.88 Å². The fourth-order valence-corrected chi connectivity index (χ4v) is 2.46. The summed E-state index contributed by atoms with van der Waals surface area (Å²) in [6.45, 7) is 8.53. The highest BCUT2D eigenvalue weighted by molar-refractivity contribution is 5.31. The minimum atomic E-state index is 0.412. The number of fused-ring (bicyclic) bond motifs is 1. The zero-order valence-corrected chi connectivity index (χ0v) is 10.3. The van der Waals surface area contributed by atoms with Crippen LogP contribution in [0.15, 0.2) is 18.3 Å². The van der Waals surface area contributed by atoms with Crippen molar-refractivity contribution in [3.05, 3.63) is 24.0 Å². The molecule has 3 nitrogen and oxygen atoms in total. The van der Waals surface area contributed by atoms with Gasteiger partial charge in [0, 0.05) is 18.7 Å². The Morgan fingerprint density at radius 1 is 1.56 bits per heavy atom. The average molecular weight is 220 g/mol. The van der Waals surface area contributed by atoms with Crippen LogP contribution in [-0.2, 0) is 0 Å². The summed E-state index contributed by atoms with van der Waals surface area (Å²) in [6.07, 6.45) is 2.89. The van der Waals surface area contributed by atoms with Crippen LogP contribution in [0.2, 0.25) is 0 Å². The van der Waals surface area contributed by atoms with Crippen molar-refractivity contribution in [2.75, 3.05) is 13.2 Å². The van der Waals surface area contributed by atoms with Crippen molar-refractivity contribution in [3.63, 3.8) is 0 Å². The molecule has 1 aliphatic heterocycles. The Hall–Kier alpha value is -1.09. The van der Waals surface area contributed by atoms with Gasteiger partial charge in [0.15, 0.2) is 0 Å². The van der Waals surface area contributed by atoms with E-state index in [1.54, 1.807) is 0 Å². The van der Waals surface area contributed by atoms with Crippen molar-refractivity contribution in [2.45, 2.75) is 39.3 Å². The van der Waals surface area contributed by atoms with Crippen LogP contribution in [0.5, 0.6) is 5.75 Å². The van der Waals surface area contributed by atoms with E-state index in [2.05, 4.69) is 30.7 Å². The van der Waals surface area contributed by atoms with Gasteiger partial charge in [0.05, 0.1) is 18.3 Å². The Balaban J connectivity index is 2.30. The second kappa shape index (κ2) is 4.83. The molecule has 0 aromatic carbocycles. The smallest absolute Gasteiger partial charge is 0.142 e. The summed E-state index contributed by atoms with van der Waals surface area (Å²) in [5.74, 6) is 0.956. The van der Waals surface area contributed by atoms with E-state index in [9.17, 15) is 0 Å². The molecule has 0 radical (unpaired) electrons. The number of hydrogen-bond acceptors (Lipinski definition) is 3. The maximum Gasteiger partial charge on any atom is 0.142 e. The molecule has 2 heterocycles. The van der Waals surface area contributed by atoms with Gasteiger partial charge in [0.2, 0.25) is 0 Å². The second-order valence-corrected chi connectivity index (χ2v) is 4.46. The summed E-state index contributed by atoms with van der Waals surface area (Å²) in [7, 11) is 0. The summed E-state index contributed by atoms with van der Waals surface area (Å²) in [4.78, 5) is 6.97. The third kappa shape index (κ3) is 2.05. The van der Waals surface area contributed by atoms with Gasteiger partial charge in [-0.2, -0.15) is 0 Å².